The van der Waals surface area contributed by atoms with Crippen molar-refractivity contribution in [2.75, 3.05) is 4.90 Å². The Morgan fingerprint density at radius 3 is 1.95 bits per heavy atom. The number of para-hydroxylation sites is 1. The molecule has 0 saturated heterocycles. The molecule has 5 heteroatoms. The van der Waals surface area contributed by atoms with E-state index in [0.717, 1.165) is 67.3 Å². The van der Waals surface area contributed by atoms with Crippen molar-refractivity contribution in [3.63, 3.8) is 0 Å². The van der Waals surface area contributed by atoms with Crippen LogP contribution in [0.1, 0.15) is 122 Å². The fraction of sp³-hybridized carbons (Fsp3) is 0.600. The quantitative estimate of drug-likeness (QED) is 0.374. The van der Waals surface area contributed by atoms with Gasteiger partial charge in [-0.2, -0.15) is 0 Å². The second kappa shape index (κ2) is 12.0. The molecule has 0 spiro atoms. The van der Waals surface area contributed by atoms with E-state index < -0.39 is 5.54 Å². The van der Waals surface area contributed by atoms with Crippen molar-refractivity contribution in [3.8, 4) is 5.75 Å². The van der Waals surface area contributed by atoms with Gasteiger partial charge in [0.1, 0.15) is 11.3 Å². The Labute approximate surface area is 241 Å². The monoisotopic (exact) mass is 546 g/mol. The highest BCUT2D eigenvalue weighted by atomic mass is 16.3. The van der Waals surface area contributed by atoms with Gasteiger partial charge in [0.05, 0.1) is 0 Å². The lowest BCUT2D eigenvalue weighted by atomic mass is 9.77. The summed E-state index contributed by atoms with van der Waals surface area (Å²) in [6.07, 6.45) is 9.54. The number of phenolic OH excluding ortho intramolecular Hbond substituents is 1. The maximum absolute atomic E-state index is 14.3. The molecule has 0 bridgehead atoms. The number of phenols is 1. The second-order valence-corrected chi connectivity index (χ2v) is 14.2. The highest BCUT2D eigenvalue weighted by molar-refractivity contribution is 6.03. The zero-order valence-corrected chi connectivity index (χ0v) is 25.6. The summed E-state index contributed by atoms with van der Waals surface area (Å²) in [5.74, 6) is 0.356. The van der Waals surface area contributed by atoms with E-state index in [0.29, 0.717) is 31.4 Å². The molecule has 2 aliphatic rings. The minimum absolute atomic E-state index is 0.0163. The largest absolute Gasteiger partial charge is 0.507 e. The Morgan fingerprint density at radius 2 is 1.43 bits per heavy atom. The Kier molecular flexibility index (Phi) is 9.02. The smallest absolute Gasteiger partial charge is 0.246 e. The molecule has 0 radical (unpaired) electrons. The molecule has 2 amide bonds. The molecule has 2 saturated carbocycles. The van der Waals surface area contributed by atoms with Gasteiger partial charge in [-0.3, -0.25) is 14.5 Å². The molecule has 2 N–H and O–H groups in total. The molecule has 0 atom stereocenters. The normalized spacial score (nSPS) is 17.9. The number of amides is 2. The van der Waals surface area contributed by atoms with Crippen molar-refractivity contribution in [3.05, 3.63) is 59.2 Å². The maximum Gasteiger partial charge on any atom is 0.246 e. The molecule has 2 aromatic carbocycles. The van der Waals surface area contributed by atoms with Crippen LogP contribution in [-0.2, 0) is 26.8 Å². The highest BCUT2D eigenvalue weighted by Crippen LogP contribution is 2.41. The third-order valence-corrected chi connectivity index (χ3v) is 8.90. The van der Waals surface area contributed by atoms with Gasteiger partial charge in [0.15, 0.2) is 0 Å². The number of rotatable bonds is 7. The molecule has 0 aromatic heterocycles. The van der Waals surface area contributed by atoms with E-state index in [9.17, 15) is 14.7 Å². The first-order valence-electron chi connectivity index (χ1n) is 15.4. The SMILES string of the molecule is CC(C)(C)c1cc(CCC(=O)N(c2ccccc2)C2(C(=O)NC3CCCC3)CCCCC2)cc(C(C)(C)C)c1O. The van der Waals surface area contributed by atoms with Crippen molar-refractivity contribution >= 4 is 17.5 Å². The topological polar surface area (TPSA) is 69.6 Å². The van der Waals surface area contributed by atoms with Gasteiger partial charge in [0, 0.05) is 18.2 Å². The van der Waals surface area contributed by atoms with Crippen LogP contribution in [0, 0.1) is 0 Å². The van der Waals surface area contributed by atoms with Crippen molar-refractivity contribution in [2.45, 2.75) is 135 Å². The fourth-order valence-electron chi connectivity index (χ4n) is 6.63. The number of anilines is 1. The summed E-state index contributed by atoms with van der Waals surface area (Å²) in [6.45, 7) is 12.6. The van der Waals surface area contributed by atoms with Gasteiger partial charge < -0.3 is 10.4 Å². The van der Waals surface area contributed by atoms with E-state index in [2.05, 4.69) is 59.0 Å². The summed E-state index contributed by atoms with van der Waals surface area (Å²) in [5.41, 5.74) is 2.33. The molecule has 5 nitrogen and oxygen atoms in total. The zero-order chi connectivity index (χ0) is 29.1. The van der Waals surface area contributed by atoms with Gasteiger partial charge in [-0.05, 0) is 71.8 Å². The van der Waals surface area contributed by atoms with Gasteiger partial charge in [0.2, 0.25) is 11.8 Å². The summed E-state index contributed by atoms with van der Waals surface area (Å²) < 4.78 is 0. The maximum atomic E-state index is 14.3. The number of carbonyl (C=O) groups excluding carboxylic acids is 2. The average molecular weight is 547 g/mol. The number of hydrogen-bond acceptors (Lipinski definition) is 3. The van der Waals surface area contributed by atoms with Crippen LogP contribution in [0.2, 0.25) is 0 Å². The molecule has 0 heterocycles. The van der Waals surface area contributed by atoms with Crippen molar-refractivity contribution in [1.29, 1.82) is 0 Å². The van der Waals surface area contributed by atoms with Crippen LogP contribution in [0.4, 0.5) is 5.69 Å². The molecule has 2 fully saturated rings. The predicted octanol–water partition coefficient (Wildman–Crippen LogP) is 7.71. The first kappa shape index (κ1) is 30.1. The summed E-state index contributed by atoms with van der Waals surface area (Å²) >= 11 is 0. The van der Waals surface area contributed by atoms with Crippen LogP contribution in [0.15, 0.2) is 42.5 Å². The Balaban J connectivity index is 1.68. The highest BCUT2D eigenvalue weighted by Gasteiger charge is 2.48. The first-order valence-corrected chi connectivity index (χ1v) is 15.4. The Hall–Kier alpha value is -2.82. The van der Waals surface area contributed by atoms with Gasteiger partial charge in [-0.1, -0.05) is 104 Å². The van der Waals surface area contributed by atoms with Crippen LogP contribution in [-0.4, -0.2) is 28.5 Å². The van der Waals surface area contributed by atoms with Crippen LogP contribution < -0.4 is 10.2 Å². The molecular formula is C35H50N2O3. The number of nitrogens with zero attached hydrogens (tertiary/aromatic N) is 1. The second-order valence-electron chi connectivity index (χ2n) is 14.2. The minimum atomic E-state index is -0.860. The fourth-order valence-corrected chi connectivity index (χ4v) is 6.63. The Morgan fingerprint density at radius 1 is 0.875 bits per heavy atom. The van der Waals surface area contributed by atoms with Gasteiger partial charge in [-0.25, -0.2) is 0 Å². The third kappa shape index (κ3) is 6.56. The Bertz CT molecular complexity index is 1140. The van der Waals surface area contributed by atoms with Gasteiger partial charge in [-0.15, -0.1) is 0 Å². The van der Waals surface area contributed by atoms with E-state index in [1.165, 1.54) is 0 Å². The standard InChI is InChI=1S/C35H50N2O3/c1-33(2,3)28-23-25(24-29(31(28)39)34(4,5)6)19-20-30(38)37(27-17-9-7-10-18-27)35(21-13-8-14-22-35)32(40)36-26-15-11-12-16-26/h7,9-10,17-18,23-24,26,39H,8,11-16,19-22H2,1-6H3,(H,36,40). The van der Waals surface area contributed by atoms with E-state index in [4.69, 9.17) is 0 Å². The molecule has 40 heavy (non-hydrogen) atoms. The van der Waals surface area contributed by atoms with Crippen molar-refractivity contribution in [2.24, 2.45) is 0 Å². The lowest BCUT2D eigenvalue weighted by molar-refractivity contribution is -0.132. The summed E-state index contributed by atoms with van der Waals surface area (Å²) in [7, 11) is 0. The van der Waals surface area contributed by atoms with E-state index in [1.807, 2.05) is 35.2 Å². The van der Waals surface area contributed by atoms with Crippen molar-refractivity contribution in [1.82, 2.24) is 5.32 Å². The van der Waals surface area contributed by atoms with E-state index in [1.54, 1.807) is 0 Å². The van der Waals surface area contributed by atoms with Crippen LogP contribution in [0.3, 0.4) is 0 Å². The number of nitrogens with one attached hydrogen (secondary N) is 1. The van der Waals surface area contributed by atoms with E-state index >= 15 is 0 Å². The predicted molar refractivity (Wildman–Crippen MR) is 164 cm³/mol. The molecular weight excluding hydrogens is 496 g/mol. The molecule has 2 aliphatic carbocycles. The number of benzene rings is 2. The van der Waals surface area contributed by atoms with Gasteiger partial charge in [0.25, 0.3) is 0 Å². The zero-order valence-electron chi connectivity index (χ0n) is 25.6. The van der Waals surface area contributed by atoms with Crippen LogP contribution in [0.5, 0.6) is 5.75 Å². The van der Waals surface area contributed by atoms with Crippen LogP contribution >= 0.6 is 0 Å². The molecule has 218 valence electrons. The number of aromatic hydroxyl groups is 1. The lowest BCUT2D eigenvalue weighted by Gasteiger charge is -2.45. The summed E-state index contributed by atoms with van der Waals surface area (Å²) in [5, 5.41) is 14.5. The third-order valence-electron chi connectivity index (χ3n) is 8.90. The molecule has 4 rings (SSSR count). The molecule has 0 aliphatic heterocycles. The number of hydrogen-bond donors (Lipinski definition) is 2. The van der Waals surface area contributed by atoms with Gasteiger partial charge >= 0.3 is 0 Å². The first-order chi connectivity index (χ1) is 18.8. The average Bonchev–Trinajstić information content (AvgIpc) is 3.41. The number of aryl methyl sites for hydroxylation is 1. The minimum Gasteiger partial charge on any atom is -0.507 e. The molecule has 2 aromatic rings. The van der Waals surface area contributed by atoms with Crippen LogP contribution in [0.25, 0.3) is 0 Å². The van der Waals surface area contributed by atoms with E-state index in [-0.39, 0.29) is 28.7 Å². The lowest BCUT2D eigenvalue weighted by Crippen LogP contribution is -2.63. The summed E-state index contributed by atoms with van der Waals surface area (Å²) in [6, 6.07) is 14.1. The summed E-state index contributed by atoms with van der Waals surface area (Å²) in [4.78, 5) is 30.2. The molecule has 0 unspecified atom stereocenters. The number of carbonyl (C=O) groups is 2. The van der Waals surface area contributed by atoms with Crippen molar-refractivity contribution < 1.29 is 14.7 Å².